The van der Waals surface area contributed by atoms with E-state index >= 15 is 0 Å². The van der Waals surface area contributed by atoms with Gasteiger partial charge < -0.3 is 9.47 Å². The molecule has 20 heavy (non-hydrogen) atoms. The monoisotopic (exact) mass is 285 g/mol. The molecule has 1 aromatic carbocycles. The summed E-state index contributed by atoms with van der Waals surface area (Å²) in [5, 5.41) is 0. The molecule has 0 atom stereocenters. The summed E-state index contributed by atoms with van der Waals surface area (Å²) in [5.74, 6) is -1.97. The van der Waals surface area contributed by atoms with Gasteiger partial charge in [0, 0.05) is 13.1 Å². The standard InChI is InChI=1S/C15H21F2NO2/c1-3-12-8-14(19-2)5-4-13(12)9-18-6-7-20-11-15(16,17)10-18/h4-5,8H,3,6-7,9-11H2,1-2H3. The fourth-order valence-corrected chi connectivity index (χ4v) is 2.46. The summed E-state index contributed by atoms with van der Waals surface area (Å²) >= 11 is 0. The second-order valence-corrected chi connectivity index (χ2v) is 5.11. The average Bonchev–Trinajstić information content (AvgIpc) is 2.59. The molecule has 0 N–H and O–H groups in total. The first-order valence-corrected chi connectivity index (χ1v) is 6.88. The van der Waals surface area contributed by atoms with Crippen molar-refractivity contribution in [2.45, 2.75) is 25.8 Å². The Morgan fingerprint density at radius 2 is 2.15 bits per heavy atom. The summed E-state index contributed by atoms with van der Waals surface area (Å²) in [6.45, 7) is 2.73. The van der Waals surface area contributed by atoms with Crippen LogP contribution in [0.25, 0.3) is 0 Å². The maximum Gasteiger partial charge on any atom is 0.283 e. The normalized spacial score (nSPS) is 19.6. The lowest BCUT2D eigenvalue weighted by Crippen LogP contribution is -2.37. The van der Waals surface area contributed by atoms with Crippen molar-refractivity contribution in [2.75, 3.05) is 33.4 Å². The van der Waals surface area contributed by atoms with Crippen LogP contribution in [0, 0.1) is 0 Å². The van der Waals surface area contributed by atoms with Gasteiger partial charge in [-0.1, -0.05) is 13.0 Å². The maximum atomic E-state index is 13.5. The van der Waals surface area contributed by atoms with E-state index in [-0.39, 0.29) is 6.54 Å². The van der Waals surface area contributed by atoms with E-state index in [1.54, 1.807) is 12.0 Å². The van der Waals surface area contributed by atoms with Crippen LogP contribution in [0.4, 0.5) is 8.78 Å². The molecule has 0 radical (unpaired) electrons. The highest BCUT2D eigenvalue weighted by atomic mass is 19.3. The van der Waals surface area contributed by atoms with Crippen molar-refractivity contribution in [3.05, 3.63) is 29.3 Å². The molecule has 112 valence electrons. The SMILES string of the molecule is CCc1cc(OC)ccc1CN1CCOCC(F)(F)C1. The zero-order valence-corrected chi connectivity index (χ0v) is 12.0. The number of aryl methyl sites for hydroxylation is 1. The number of ether oxygens (including phenoxy) is 2. The average molecular weight is 285 g/mol. The van der Waals surface area contributed by atoms with E-state index < -0.39 is 12.5 Å². The third-order valence-corrected chi connectivity index (χ3v) is 3.51. The highest BCUT2D eigenvalue weighted by molar-refractivity contribution is 5.35. The highest BCUT2D eigenvalue weighted by Gasteiger charge is 2.34. The van der Waals surface area contributed by atoms with E-state index in [1.165, 1.54) is 0 Å². The molecular weight excluding hydrogens is 264 g/mol. The first kappa shape index (κ1) is 15.2. The molecule has 1 aliphatic rings. The zero-order chi connectivity index (χ0) is 14.6. The van der Waals surface area contributed by atoms with Crippen LogP contribution in [0.1, 0.15) is 18.1 Å². The number of halogens is 2. The topological polar surface area (TPSA) is 21.7 Å². The Hall–Kier alpha value is -1.20. The number of nitrogens with zero attached hydrogens (tertiary/aromatic N) is 1. The van der Waals surface area contributed by atoms with Crippen LogP contribution in [0.5, 0.6) is 5.75 Å². The Labute approximate surface area is 118 Å². The van der Waals surface area contributed by atoms with Crippen LogP contribution < -0.4 is 4.74 Å². The minimum absolute atomic E-state index is 0.248. The fraction of sp³-hybridized carbons (Fsp3) is 0.600. The van der Waals surface area contributed by atoms with Crippen LogP contribution >= 0.6 is 0 Å². The molecule has 1 aromatic rings. The van der Waals surface area contributed by atoms with Crippen molar-refractivity contribution in [3.63, 3.8) is 0 Å². The molecule has 1 heterocycles. The molecule has 1 saturated heterocycles. The van der Waals surface area contributed by atoms with E-state index in [0.717, 1.165) is 23.3 Å². The maximum absolute atomic E-state index is 13.5. The molecule has 3 nitrogen and oxygen atoms in total. The Morgan fingerprint density at radius 3 is 2.85 bits per heavy atom. The van der Waals surface area contributed by atoms with Crippen molar-refractivity contribution in [1.82, 2.24) is 4.90 Å². The Bertz CT molecular complexity index is 451. The summed E-state index contributed by atoms with van der Waals surface area (Å²) in [6.07, 6.45) is 0.854. The van der Waals surface area contributed by atoms with Gasteiger partial charge in [0.15, 0.2) is 0 Å². The number of benzene rings is 1. The van der Waals surface area contributed by atoms with Gasteiger partial charge >= 0.3 is 0 Å². The van der Waals surface area contributed by atoms with Gasteiger partial charge in [-0.2, -0.15) is 0 Å². The van der Waals surface area contributed by atoms with Crippen LogP contribution in [-0.2, 0) is 17.7 Å². The van der Waals surface area contributed by atoms with Crippen molar-refractivity contribution >= 4 is 0 Å². The summed E-state index contributed by atoms with van der Waals surface area (Å²) in [6, 6.07) is 5.81. The van der Waals surface area contributed by atoms with E-state index in [4.69, 9.17) is 9.47 Å². The second kappa shape index (κ2) is 6.50. The molecule has 0 aromatic heterocycles. The van der Waals surface area contributed by atoms with Gasteiger partial charge in [0.05, 0.1) is 20.3 Å². The smallest absolute Gasteiger partial charge is 0.283 e. The van der Waals surface area contributed by atoms with E-state index in [1.807, 2.05) is 18.2 Å². The van der Waals surface area contributed by atoms with E-state index in [0.29, 0.717) is 19.7 Å². The fourth-order valence-electron chi connectivity index (χ4n) is 2.46. The van der Waals surface area contributed by atoms with Gasteiger partial charge in [-0.05, 0) is 29.7 Å². The number of hydrogen-bond acceptors (Lipinski definition) is 3. The highest BCUT2D eigenvalue weighted by Crippen LogP contribution is 2.23. The van der Waals surface area contributed by atoms with Crippen LogP contribution in [0.15, 0.2) is 18.2 Å². The molecular formula is C15H21F2NO2. The molecule has 0 spiro atoms. The second-order valence-electron chi connectivity index (χ2n) is 5.11. The predicted molar refractivity (Wildman–Crippen MR) is 73.4 cm³/mol. The Kier molecular flexibility index (Phi) is 4.94. The third-order valence-electron chi connectivity index (χ3n) is 3.51. The van der Waals surface area contributed by atoms with E-state index in [9.17, 15) is 8.78 Å². The van der Waals surface area contributed by atoms with Crippen molar-refractivity contribution in [2.24, 2.45) is 0 Å². The summed E-state index contributed by atoms with van der Waals surface area (Å²) in [4.78, 5) is 1.76. The number of hydrogen-bond donors (Lipinski definition) is 0. The van der Waals surface area contributed by atoms with Gasteiger partial charge in [0.1, 0.15) is 12.4 Å². The van der Waals surface area contributed by atoms with Crippen molar-refractivity contribution in [3.8, 4) is 5.75 Å². The van der Waals surface area contributed by atoms with Crippen molar-refractivity contribution < 1.29 is 18.3 Å². The molecule has 0 amide bonds. The first-order chi connectivity index (χ1) is 9.54. The summed E-state index contributed by atoms with van der Waals surface area (Å²) < 4.78 is 37.2. The molecule has 5 heteroatoms. The molecule has 0 unspecified atom stereocenters. The molecule has 0 aliphatic carbocycles. The number of alkyl halides is 2. The zero-order valence-electron chi connectivity index (χ0n) is 12.0. The Balaban J connectivity index is 2.12. The number of methoxy groups -OCH3 is 1. The first-order valence-electron chi connectivity index (χ1n) is 6.88. The lowest BCUT2D eigenvalue weighted by atomic mass is 10.0. The minimum atomic E-state index is -2.77. The van der Waals surface area contributed by atoms with Crippen LogP contribution in [-0.4, -0.2) is 44.2 Å². The predicted octanol–water partition coefficient (Wildman–Crippen LogP) is 2.73. The van der Waals surface area contributed by atoms with Gasteiger partial charge in [-0.25, -0.2) is 8.78 Å². The van der Waals surface area contributed by atoms with Gasteiger partial charge in [-0.3, -0.25) is 4.90 Å². The van der Waals surface area contributed by atoms with Crippen molar-refractivity contribution in [1.29, 1.82) is 0 Å². The molecule has 1 fully saturated rings. The summed E-state index contributed by atoms with van der Waals surface area (Å²) in [5.41, 5.74) is 2.21. The summed E-state index contributed by atoms with van der Waals surface area (Å²) in [7, 11) is 1.63. The molecule has 2 rings (SSSR count). The largest absolute Gasteiger partial charge is 0.497 e. The van der Waals surface area contributed by atoms with Crippen LogP contribution in [0.3, 0.4) is 0 Å². The number of rotatable bonds is 4. The van der Waals surface area contributed by atoms with E-state index in [2.05, 4.69) is 6.92 Å². The van der Waals surface area contributed by atoms with Gasteiger partial charge in [0.25, 0.3) is 5.92 Å². The minimum Gasteiger partial charge on any atom is -0.497 e. The lowest BCUT2D eigenvalue weighted by Gasteiger charge is -2.24. The quantitative estimate of drug-likeness (QED) is 0.849. The third kappa shape index (κ3) is 3.90. The van der Waals surface area contributed by atoms with Gasteiger partial charge in [0.2, 0.25) is 0 Å². The van der Waals surface area contributed by atoms with Gasteiger partial charge in [-0.15, -0.1) is 0 Å². The molecule has 1 aliphatic heterocycles. The lowest BCUT2D eigenvalue weighted by molar-refractivity contribution is -0.0689. The Morgan fingerprint density at radius 1 is 1.35 bits per heavy atom. The van der Waals surface area contributed by atoms with Crippen LogP contribution in [0.2, 0.25) is 0 Å². The molecule has 0 saturated carbocycles. The molecule has 0 bridgehead atoms.